The topological polar surface area (TPSA) is 30.2 Å². The van der Waals surface area contributed by atoms with E-state index in [0.717, 1.165) is 0 Å². The number of ketones is 1. The molecule has 0 atom stereocenters. The summed E-state index contributed by atoms with van der Waals surface area (Å²) in [5.74, 6) is 0.0405. The number of Topliss-reactive ketones (excluding diaryl/α,β-unsaturated/α-hetero) is 1. The van der Waals surface area contributed by atoms with Crippen LogP contribution in [0.3, 0.4) is 0 Å². The molecule has 56 valence electrons. The molecule has 0 aliphatic heterocycles. The molecule has 1 aromatic rings. The number of carbonyl (C=O) groups is 1. The maximum atomic E-state index is 10.4. The van der Waals surface area contributed by atoms with E-state index in [1.165, 1.54) is 19.5 Å². The van der Waals surface area contributed by atoms with Crippen LogP contribution >= 0.6 is 0 Å². The highest BCUT2D eigenvalue weighted by molar-refractivity contribution is 5.93. The molecule has 0 saturated carbocycles. The van der Waals surface area contributed by atoms with Crippen LogP contribution in [0.5, 0.6) is 0 Å². The minimum atomic E-state index is 0.0405. The van der Waals surface area contributed by atoms with Crippen molar-refractivity contribution < 1.29 is 9.21 Å². The van der Waals surface area contributed by atoms with Crippen LogP contribution in [0.2, 0.25) is 0 Å². The first-order chi connectivity index (χ1) is 4.80. The van der Waals surface area contributed by atoms with Crippen molar-refractivity contribution in [2.24, 2.45) is 0 Å². The third-order valence-electron chi connectivity index (χ3n) is 0.928. The molecule has 10 heavy (non-hydrogen) atoms. The highest BCUT2D eigenvalue weighted by atomic mass is 16.3. The van der Waals surface area contributed by atoms with Crippen molar-refractivity contribution >= 4 is 5.78 Å². The second-order valence-electron chi connectivity index (χ2n) is 1.57. The Bertz CT molecular complexity index is 175. The molecular weight excluding hydrogens is 128 g/mol. The summed E-state index contributed by atoms with van der Waals surface area (Å²) in [5.41, 5.74) is 0.630. The summed E-state index contributed by atoms with van der Waals surface area (Å²) in [6.07, 6.45) is 2.92. The zero-order valence-electron chi connectivity index (χ0n) is 6.55. The molecule has 0 aliphatic carbocycles. The van der Waals surface area contributed by atoms with Gasteiger partial charge in [0.25, 0.3) is 0 Å². The van der Waals surface area contributed by atoms with E-state index < -0.39 is 0 Å². The van der Waals surface area contributed by atoms with E-state index in [1.807, 2.05) is 13.8 Å². The summed E-state index contributed by atoms with van der Waals surface area (Å²) in [4.78, 5) is 10.4. The molecular formula is C8H12O2. The van der Waals surface area contributed by atoms with Crippen LogP contribution in [-0.4, -0.2) is 5.78 Å². The minimum absolute atomic E-state index is 0.0405. The molecule has 2 nitrogen and oxygen atoms in total. The summed E-state index contributed by atoms with van der Waals surface area (Å²) in [7, 11) is 0. The molecule has 1 aromatic heterocycles. The van der Waals surface area contributed by atoms with Crippen molar-refractivity contribution in [3.05, 3.63) is 24.2 Å². The highest BCUT2D eigenvalue weighted by Gasteiger charge is 1.96. The summed E-state index contributed by atoms with van der Waals surface area (Å²) in [5, 5.41) is 0. The van der Waals surface area contributed by atoms with Gasteiger partial charge in [0.05, 0.1) is 11.8 Å². The van der Waals surface area contributed by atoms with Crippen molar-refractivity contribution in [1.82, 2.24) is 0 Å². The third kappa shape index (κ3) is 2.49. The molecule has 0 aliphatic rings. The summed E-state index contributed by atoms with van der Waals surface area (Å²) in [6, 6.07) is 1.64. The Kier molecular flexibility index (Phi) is 4.29. The van der Waals surface area contributed by atoms with Gasteiger partial charge in [-0.15, -0.1) is 0 Å². The van der Waals surface area contributed by atoms with Gasteiger partial charge in [0, 0.05) is 0 Å². The molecule has 0 bridgehead atoms. The lowest BCUT2D eigenvalue weighted by molar-refractivity contribution is 0.101. The van der Waals surface area contributed by atoms with Crippen LogP contribution in [0.1, 0.15) is 31.1 Å². The first-order valence-electron chi connectivity index (χ1n) is 3.34. The molecule has 0 radical (unpaired) electrons. The molecule has 0 N–H and O–H groups in total. The number of furan rings is 1. The molecule has 0 fully saturated rings. The fraction of sp³-hybridized carbons (Fsp3) is 0.375. The van der Waals surface area contributed by atoms with E-state index in [-0.39, 0.29) is 5.78 Å². The van der Waals surface area contributed by atoms with Gasteiger partial charge in [-0.2, -0.15) is 0 Å². The minimum Gasteiger partial charge on any atom is -0.472 e. The van der Waals surface area contributed by atoms with E-state index in [4.69, 9.17) is 0 Å². The smallest absolute Gasteiger partial charge is 0.163 e. The lowest BCUT2D eigenvalue weighted by Crippen LogP contribution is -1.85. The van der Waals surface area contributed by atoms with Crippen molar-refractivity contribution in [2.45, 2.75) is 20.8 Å². The van der Waals surface area contributed by atoms with E-state index in [2.05, 4.69) is 4.42 Å². The molecule has 2 heteroatoms. The fourth-order valence-electron chi connectivity index (χ4n) is 0.465. The van der Waals surface area contributed by atoms with Gasteiger partial charge in [-0.1, -0.05) is 13.8 Å². The van der Waals surface area contributed by atoms with Crippen molar-refractivity contribution in [2.75, 3.05) is 0 Å². The maximum absolute atomic E-state index is 10.4. The first kappa shape index (κ1) is 8.95. The second-order valence-corrected chi connectivity index (χ2v) is 1.57. The molecule has 0 aromatic carbocycles. The number of rotatable bonds is 1. The van der Waals surface area contributed by atoms with Gasteiger partial charge in [-0.25, -0.2) is 0 Å². The van der Waals surface area contributed by atoms with E-state index in [9.17, 15) is 4.79 Å². The molecule has 0 unspecified atom stereocenters. The van der Waals surface area contributed by atoms with Crippen molar-refractivity contribution in [1.29, 1.82) is 0 Å². The Morgan fingerprint density at radius 3 is 2.30 bits per heavy atom. The van der Waals surface area contributed by atoms with Crippen LogP contribution in [0, 0.1) is 0 Å². The van der Waals surface area contributed by atoms with Gasteiger partial charge in [-0.3, -0.25) is 4.79 Å². The van der Waals surface area contributed by atoms with Gasteiger partial charge < -0.3 is 4.42 Å². The predicted molar refractivity (Wildman–Crippen MR) is 40.1 cm³/mol. The quantitative estimate of drug-likeness (QED) is 0.561. The summed E-state index contributed by atoms with van der Waals surface area (Å²) in [6.45, 7) is 5.50. The fourth-order valence-corrected chi connectivity index (χ4v) is 0.465. The van der Waals surface area contributed by atoms with Gasteiger partial charge in [0.1, 0.15) is 6.26 Å². The Morgan fingerprint density at radius 1 is 1.50 bits per heavy atom. The normalized spacial score (nSPS) is 7.90. The zero-order chi connectivity index (χ0) is 7.98. The highest BCUT2D eigenvalue weighted by Crippen LogP contribution is 1.98. The number of carbonyl (C=O) groups excluding carboxylic acids is 1. The second kappa shape index (κ2) is 4.79. The monoisotopic (exact) mass is 140 g/mol. The molecule has 1 heterocycles. The van der Waals surface area contributed by atoms with E-state index >= 15 is 0 Å². The van der Waals surface area contributed by atoms with Crippen LogP contribution in [-0.2, 0) is 0 Å². The maximum Gasteiger partial charge on any atom is 0.163 e. The zero-order valence-corrected chi connectivity index (χ0v) is 6.55. The third-order valence-corrected chi connectivity index (χ3v) is 0.928. The standard InChI is InChI=1S/C6H6O2.C2H6/c1-5(7)6-2-3-8-4-6;1-2/h2-4H,1H3;1-2H3. The number of hydrogen-bond donors (Lipinski definition) is 0. The van der Waals surface area contributed by atoms with Gasteiger partial charge >= 0.3 is 0 Å². The largest absolute Gasteiger partial charge is 0.472 e. The molecule has 0 spiro atoms. The lowest BCUT2D eigenvalue weighted by Gasteiger charge is -1.78. The van der Waals surface area contributed by atoms with Crippen molar-refractivity contribution in [3.8, 4) is 0 Å². The Labute approximate surface area is 60.9 Å². The SMILES string of the molecule is CC.CC(=O)c1ccoc1. The van der Waals surface area contributed by atoms with Gasteiger partial charge in [0.2, 0.25) is 0 Å². The van der Waals surface area contributed by atoms with E-state index in [0.29, 0.717) is 5.56 Å². The Hall–Kier alpha value is -1.05. The lowest BCUT2D eigenvalue weighted by atomic mass is 10.2. The van der Waals surface area contributed by atoms with Crippen LogP contribution in [0.4, 0.5) is 0 Å². The Morgan fingerprint density at radius 2 is 2.10 bits per heavy atom. The van der Waals surface area contributed by atoms with Crippen LogP contribution in [0.25, 0.3) is 0 Å². The summed E-state index contributed by atoms with van der Waals surface area (Å²) >= 11 is 0. The number of hydrogen-bond acceptors (Lipinski definition) is 2. The first-order valence-corrected chi connectivity index (χ1v) is 3.34. The van der Waals surface area contributed by atoms with E-state index in [1.54, 1.807) is 6.07 Å². The van der Waals surface area contributed by atoms with Gasteiger partial charge in [0.15, 0.2) is 5.78 Å². The molecule has 0 saturated heterocycles. The van der Waals surface area contributed by atoms with Gasteiger partial charge in [-0.05, 0) is 13.0 Å². The molecule has 0 amide bonds. The van der Waals surface area contributed by atoms with Crippen LogP contribution < -0.4 is 0 Å². The average Bonchev–Trinajstić information content (AvgIpc) is 2.42. The molecule has 1 rings (SSSR count). The van der Waals surface area contributed by atoms with Crippen LogP contribution in [0.15, 0.2) is 23.0 Å². The summed E-state index contributed by atoms with van der Waals surface area (Å²) < 4.78 is 4.65. The predicted octanol–water partition coefficient (Wildman–Crippen LogP) is 2.51. The van der Waals surface area contributed by atoms with Crippen molar-refractivity contribution in [3.63, 3.8) is 0 Å². The average molecular weight is 140 g/mol. The Balaban J connectivity index is 0.000000371.